The quantitative estimate of drug-likeness (QED) is 0.393. The van der Waals surface area contributed by atoms with Crippen LogP contribution in [0.3, 0.4) is 0 Å². The Bertz CT molecular complexity index is 703. The molecule has 6 heteroatoms. The van der Waals surface area contributed by atoms with Gasteiger partial charge in [-0.05, 0) is 52.8 Å². The zero-order chi connectivity index (χ0) is 17.4. The predicted octanol–water partition coefficient (Wildman–Crippen LogP) is 4.56. The first-order chi connectivity index (χ1) is 11.6. The van der Waals surface area contributed by atoms with E-state index in [2.05, 4.69) is 38.2 Å². The van der Waals surface area contributed by atoms with E-state index in [1.165, 1.54) is 0 Å². The molecule has 2 aromatic carbocycles. The van der Waals surface area contributed by atoms with E-state index < -0.39 is 0 Å². The Morgan fingerprint density at radius 2 is 1.96 bits per heavy atom. The van der Waals surface area contributed by atoms with Crippen molar-refractivity contribution in [2.45, 2.75) is 19.9 Å². The first-order valence-electron chi connectivity index (χ1n) is 7.84. The van der Waals surface area contributed by atoms with Crippen molar-refractivity contribution in [3.05, 3.63) is 63.2 Å². The molecule has 5 nitrogen and oxygen atoms in total. The van der Waals surface area contributed by atoms with E-state index in [-0.39, 0.29) is 5.91 Å². The topological polar surface area (TPSA) is 57.1 Å². The second-order valence-corrected chi connectivity index (χ2v) is 6.65. The van der Waals surface area contributed by atoms with Crippen LogP contribution >= 0.6 is 22.6 Å². The molecule has 126 valence electrons. The Morgan fingerprint density at radius 1 is 1.21 bits per heavy atom. The van der Waals surface area contributed by atoms with Gasteiger partial charge in [0.25, 0.3) is 5.91 Å². The molecule has 0 saturated carbocycles. The van der Waals surface area contributed by atoms with Gasteiger partial charge in [0.2, 0.25) is 0 Å². The van der Waals surface area contributed by atoms with Gasteiger partial charge in [-0.1, -0.05) is 42.5 Å². The number of hydrogen-bond donors (Lipinski definition) is 1. The van der Waals surface area contributed by atoms with Crippen molar-refractivity contribution in [3.8, 4) is 0 Å². The largest absolute Gasteiger partial charge is 0.352 e. The Labute approximate surface area is 156 Å². The highest BCUT2D eigenvalue weighted by Gasteiger charge is 2.11. The number of carbonyl (C=O) groups is 1. The first-order valence-corrected chi connectivity index (χ1v) is 8.92. The van der Waals surface area contributed by atoms with E-state index in [1.807, 2.05) is 62.5 Å². The maximum atomic E-state index is 12.3. The van der Waals surface area contributed by atoms with Crippen LogP contribution in [0, 0.1) is 3.57 Å². The Balaban J connectivity index is 2.11. The zero-order valence-corrected chi connectivity index (χ0v) is 16.0. The van der Waals surface area contributed by atoms with Crippen LogP contribution in [0.25, 0.3) is 0 Å². The van der Waals surface area contributed by atoms with Crippen molar-refractivity contribution in [2.75, 3.05) is 13.6 Å². The van der Waals surface area contributed by atoms with E-state index in [1.54, 1.807) is 5.01 Å². The predicted molar refractivity (Wildman–Crippen MR) is 104 cm³/mol. The highest BCUT2D eigenvalue weighted by Crippen LogP contribution is 2.22. The molecule has 0 aliphatic carbocycles. The van der Waals surface area contributed by atoms with Crippen LogP contribution in [-0.2, 0) is 6.54 Å². The number of carbonyl (C=O) groups excluding carboxylic acids is 1. The Morgan fingerprint density at radius 3 is 2.67 bits per heavy atom. The zero-order valence-electron chi connectivity index (χ0n) is 13.9. The molecular formula is C18H21IN4O. The fourth-order valence-corrected chi connectivity index (χ4v) is 2.61. The van der Waals surface area contributed by atoms with Gasteiger partial charge in [-0.3, -0.25) is 9.80 Å². The van der Waals surface area contributed by atoms with E-state index in [4.69, 9.17) is 0 Å². The summed E-state index contributed by atoms with van der Waals surface area (Å²) in [5, 5.41) is 13.1. The van der Waals surface area contributed by atoms with Gasteiger partial charge in [-0.15, -0.1) is 5.11 Å². The highest BCUT2D eigenvalue weighted by atomic mass is 127. The molecule has 0 bridgehead atoms. The number of amides is 1. The molecule has 2 rings (SSSR count). The fourth-order valence-electron chi connectivity index (χ4n) is 2.11. The summed E-state index contributed by atoms with van der Waals surface area (Å²) in [6.45, 7) is 3.33. The van der Waals surface area contributed by atoms with Crippen molar-refractivity contribution in [2.24, 2.45) is 10.3 Å². The van der Waals surface area contributed by atoms with E-state index in [0.717, 1.165) is 15.6 Å². The lowest BCUT2D eigenvalue weighted by atomic mass is 10.1. The summed E-state index contributed by atoms with van der Waals surface area (Å²) in [5.74, 6) is -0.116. The molecule has 0 aromatic heterocycles. The summed E-state index contributed by atoms with van der Waals surface area (Å²) in [6.07, 6.45) is 0.895. The Kier molecular flexibility index (Phi) is 7.17. The third-order valence-corrected chi connectivity index (χ3v) is 3.97. The van der Waals surface area contributed by atoms with Crippen LogP contribution in [0.4, 0.5) is 5.69 Å². The SMILES string of the molecule is CCCNC(=O)c1cc(I)ccc1N=NN(C)Cc1ccccc1. The summed E-state index contributed by atoms with van der Waals surface area (Å²) >= 11 is 2.19. The van der Waals surface area contributed by atoms with Gasteiger partial charge in [-0.2, -0.15) is 0 Å². The summed E-state index contributed by atoms with van der Waals surface area (Å²) in [7, 11) is 1.86. The van der Waals surface area contributed by atoms with Crippen molar-refractivity contribution in [1.29, 1.82) is 0 Å². The monoisotopic (exact) mass is 436 g/mol. The van der Waals surface area contributed by atoms with E-state index in [9.17, 15) is 4.79 Å². The lowest BCUT2D eigenvalue weighted by molar-refractivity contribution is 0.0954. The minimum atomic E-state index is -0.116. The van der Waals surface area contributed by atoms with E-state index >= 15 is 0 Å². The third kappa shape index (κ3) is 5.59. The number of hydrogen-bond acceptors (Lipinski definition) is 3. The van der Waals surface area contributed by atoms with Gasteiger partial charge in [0, 0.05) is 17.2 Å². The fraction of sp³-hybridized carbons (Fsp3) is 0.278. The smallest absolute Gasteiger partial charge is 0.253 e. The molecule has 0 unspecified atom stereocenters. The highest BCUT2D eigenvalue weighted by molar-refractivity contribution is 14.1. The van der Waals surface area contributed by atoms with Gasteiger partial charge >= 0.3 is 0 Å². The maximum Gasteiger partial charge on any atom is 0.253 e. The first kappa shape index (κ1) is 18.4. The molecule has 2 aromatic rings. The van der Waals surface area contributed by atoms with Gasteiger partial charge in [0.05, 0.1) is 12.1 Å². The molecule has 0 aliphatic rings. The summed E-state index contributed by atoms with van der Waals surface area (Å²) in [6, 6.07) is 15.6. The molecule has 0 spiro atoms. The number of nitrogens with one attached hydrogen (secondary N) is 1. The molecular weight excluding hydrogens is 415 g/mol. The van der Waals surface area contributed by atoms with Crippen LogP contribution < -0.4 is 5.32 Å². The summed E-state index contributed by atoms with van der Waals surface area (Å²) in [5.41, 5.74) is 2.28. The lowest BCUT2D eigenvalue weighted by Gasteiger charge is -2.12. The molecule has 1 N–H and O–H groups in total. The number of benzene rings is 2. The normalized spacial score (nSPS) is 10.8. The standard InChI is InChI=1S/C18H21IN4O/c1-3-11-20-18(24)16-12-15(19)9-10-17(16)21-22-23(2)13-14-7-5-4-6-8-14/h4-10,12H,3,11,13H2,1-2H3,(H,20,24). The second-order valence-electron chi connectivity index (χ2n) is 5.41. The molecule has 0 heterocycles. The van der Waals surface area contributed by atoms with E-state index in [0.29, 0.717) is 24.3 Å². The van der Waals surface area contributed by atoms with Crippen molar-refractivity contribution in [1.82, 2.24) is 10.3 Å². The van der Waals surface area contributed by atoms with Crippen molar-refractivity contribution < 1.29 is 4.79 Å². The van der Waals surface area contributed by atoms with Crippen molar-refractivity contribution >= 4 is 34.2 Å². The molecule has 24 heavy (non-hydrogen) atoms. The molecule has 0 atom stereocenters. The minimum Gasteiger partial charge on any atom is -0.352 e. The maximum absolute atomic E-state index is 12.3. The Hall–Kier alpha value is -1.96. The lowest BCUT2D eigenvalue weighted by Crippen LogP contribution is -2.24. The van der Waals surface area contributed by atoms with Crippen LogP contribution in [0.1, 0.15) is 29.3 Å². The summed E-state index contributed by atoms with van der Waals surface area (Å²) in [4.78, 5) is 12.3. The number of rotatable bonds is 7. The van der Waals surface area contributed by atoms with Crippen LogP contribution in [0.2, 0.25) is 0 Å². The van der Waals surface area contributed by atoms with Gasteiger partial charge in [0.1, 0.15) is 5.69 Å². The van der Waals surface area contributed by atoms with Gasteiger partial charge in [-0.25, -0.2) is 0 Å². The average molecular weight is 436 g/mol. The summed E-state index contributed by atoms with van der Waals surface area (Å²) < 4.78 is 0.992. The van der Waals surface area contributed by atoms with Crippen LogP contribution in [0.15, 0.2) is 58.9 Å². The molecule has 0 saturated heterocycles. The van der Waals surface area contributed by atoms with Gasteiger partial charge in [0.15, 0.2) is 0 Å². The molecule has 0 radical (unpaired) electrons. The molecule has 0 fully saturated rings. The molecule has 0 aliphatic heterocycles. The third-order valence-electron chi connectivity index (χ3n) is 3.30. The number of halogens is 1. The van der Waals surface area contributed by atoms with Crippen molar-refractivity contribution in [3.63, 3.8) is 0 Å². The average Bonchev–Trinajstić information content (AvgIpc) is 2.59. The van der Waals surface area contributed by atoms with Crippen LogP contribution in [-0.4, -0.2) is 24.5 Å². The number of nitrogens with zero attached hydrogens (tertiary/aromatic N) is 3. The van der Waals surface area contributed by atoms with Crippen LogP contribution in [0.5, 0.6) is 0 Å². The second kappa shape index (κ2) is 9.36. The minimum absolute atomic E-state index is 0.116. The van der Waals surface area contributed by atoms with Gasteiger partial charge < -0.3 is 5.32 Å². The molecule has 1 amide bonds.